The van der Waals surface area contributed by atoms with Gasteiger partial charge < -0.3 is 10.1 Å². The maximum Gasteiger partial charge on any atom is 0.144 e. The molecule has 0 radical (unpaired) electrons. The number of hydrogen-bond donors (Lipinski definition) is 2. The second-order valence-corrected chi connectivity index (χ2v) is 2.57. The molecule has 1 rings (SSSR count). The average Bonchev–Trinajstić information content (AvgIpc) is 2.04. The SMILES string of the molecule is CNc1ccccc1OC(C)N. The molecule has 1 aromatic rings. The van der Waals surface area contributed by atoms with Gasteiger partial charge in [0.15, 0.2) is 0 Å². The maximum atomic E-state index is 5.50. The zero-order valence-corrected chi connectivity index (χ0v) is 7.37. The number of para-hydroxylation sites is 2. The summed E-state index contributed by atoms with van der Waals surface area (Å²) >= 11 is 0. The van der Waals surface area contributed by atoms with Crippen LogP contribution in [0.3, 0.4) is 0 Å². The van der Waals surface area contributed by atoms with Gasteiger partial charge in [0.2, 0.25) is 0 Å². The lowest BCUT2D eigenvalue weighted by atomic mass is 10.3. The van der Waals surface area contributed by atoms with Gasteiger partial charge in [0.25, 0.3) is 0 Å². The monoisotopic (exact) mass is 166 g/mol. The van der Waals surface area contributed by atoms with Gasteiger partial charge in [-0.2, -0.15) is 0 Å². The smallest absolute Gasteiger partial charge is 0.144 e. The van der Waals surface area contributed by atoms with E-state index in [-0.39, 0.29) is 6.23 Å². The molecule has 0 saturated heterocycles. The van der Waals surface area contributed by atoms with Crippen LogP contribution in [-0.4, -0.2) is 13.3 Å². The molecule has 1 atom stereocenters. The van der Waals surface area contributed by atoms with Crippen molar-refractivity contribution in [2.75, 3.05) is 12.4 Å². The summed E-state index contributed by atoms with van der Waals surface area (Å²) in [6, 6.07) is 7.69. The molecule has 66 valence electrons. The third-order valence-electron chi connectivity index (χ3n) is 1.47. The highest BCUT2D eigenvalue weighted by molar-refractivity contribution is 5.55. The minimum absolute atomic E-state index is 0.278. The number of nitrogens with one attached hydrogen (secondary N) is 1. The maximum absolute atomic E-state index is 5.50. The van der Waals surface area contributed by atoms with Crippen molar-refractivity contribution in [1.82, 2.24) is 0 Å². The van der Waals surface area contributed by atoms with Crippen molar-refractivity contribution < 1.29 is 4.74 Å². The van der Waals surface area contributed by atoms with Crippen LogP contribution in [0.25, 0.3) is 0 Å². The fourth-order valence-corrected chi connectivity index (χ4v) is 0.976. The van der Waals surface area contributed by atoms with Gasteiger partial charge in [-0.15, -0.1) is 0 Å². The predicted molar refractivity (Wildman–Crippen MR) is 50.3 cm³/mol. The average molecular weight is 166 g/mol. The largest absolute Gasteiger partial charge is 0.474 e. The van der Waals surface area contributed by atoms with E-state index < -0.39 is 0 Å². The molecule has 0 aliphatic heterocycles. The molecular formula is C9H14N2O. The Hall–Kier alpha value is -1.22. The van der Waals surface area contributed by atoms with Crippen LogP contribution in [0.4, 0.5) is 5.69 Å². The molecule has 0 fully saturated rings. The van der Waals surface area contributed by atoms with Crippen LogP contribution in [0.5, 0.6) is 5.75 Å². The highest BCUT2D eigenvalue weighted by atomic mass is 16.5. The number of hydrogen-bond acceptors (Lipinski definition) is 3. The van der Waals surface area contributed by atoms with E-state index in [0.29, 0.717) is 0 Å². The summed E-state index contributed by atoms with van der Waals surface area (Å²) in [7, 11) is 1.85. The zero-order valence-electron chi connectivity index (χ0n) is 7.37. The molecule has 0 aromatic heterocycles. The molecule has 0 amide bonds. The minimum atomic E-state index is -0.278. The third kappa shape index (κ3) is 2.13. The Bertz CT molecular complexity index is 248. The molecule has 3 N–H and O–H groups in total. The van der Waals surface area contributed by atoms with Crippen LogP contribution in [0.2, 0.25) is 0 Å². The summed E-state index contributed by atoms with van der Waals surface area (Å²) in [5.74, 6) is 0.787. The van der Waals surface area contributed by atoms with E-state index in [9.17, 15) is 0 Å². The Kier molecular flexibility index (Phi) is 2.94. The first-order valence-electron chi connectivity index (χ1n) is 3.93. The van der Waals surface area contributed by atoms with E-state index in [1.807, 2.05) is 31.3 Å². The Morgan fingerprint density at radius 2 is 2.08 bits per heavy atom. The fraction of sp³-hybridized carbons (Fsp3) is 0.333. The van der Waals surface area contributed by atoms with Crippen molar-refractivity contribution in [3.8, 4) is 5.75 Å². The second kappa shape index (κ2) is 3.97. The van der Waals surface area contributed by atoms with Crippen LogP contribution < -0.4 is 15.8 Å². The summed E-state index contributed by atoms with van der Waals surface area (Å²) in [6.45, 7) is 1.80. The number of nitrogens with two attached hydrogens (primary N) is 1. The molecule has 0 aliphatic carbocycles. The van der Waals surface area contributed by atoms with Crippen molar-refractivity contribution in [2.45, 2.75) is 13.2 Å². The van der Waals surface area contributed by atoms with Crippen LogP contribution in [0, 0.1) is 0 Å². The molecule has 0 bridgehead atoms. The normalized spacial score (nSPS) is 12.2. The van der Waals surface area contributed by atoms with Crippen molar-refractivity contribution in [3.05, 3.63) is 24.3 Å². The first-order valence-corrected chi connectivity index (χ1v) is 3.93. The van der Waals surface area contributed by atoms with Gasteiger partial charge in [-0.3, -0.25) is 5.73 Å². The van der Waals surface area contributed by atoms with Gasteiger partial charge in [0.1, 0.15) is 12.0 Å². The van der Waals surface area contributed by atoms with E-state index in [0.717, 1.165) is 11.4 Å². The van der Waals surface area contributed by atoms with E-state index in [4.69, 9.17) is 10.5 Å². The minimum Gasteiger partial charge on any atom is -0.474 e. The molecule has 0 heterocycles. The van der Waals surface area contributed by atoms with Gasteiger partial charge in [-0.1, -0.05) is 12.1 Å². The lowest BCUT2D eigenvalue weighted by Gasteiger charge is -2.12. The molecule has 1 aromatic carbocycles. The van der Waals surface area contributed by atoms with Crippen LogP contribution in [0.1, 0.15) is 6.92 Å². The fourth-order valence-electron chi connectivity index (χ4n) is 0.976. The predicted octanol–water partition coefficient (Wildman–Crippen LogP) is 1.41. The van der Waals surface area contributed by atoms with Gasteiger partial charge in [0, 0.05) is 7.05 Å². The van der Waals surface area contributed by atoms with Crippen molar-refractivity contribution in [3.63, 3.8) is 0 Å². The summed E-state index contributed by atoms with van der Waals surface area (Å²) in [6.07, 6.45) is -0.278. The van der Waals surface area contributed by atoms with Gasteiger partial charge in [-0.25, -0.2) is 0 Å². The van der Waals surface area contributed by atoms with Crippen LogP contribution in [-0.2, 0) is 0 Å². The first-order chi connectivity index (χ1) is 5.74. The summed E-state index contributed by atoms with van der Waals surface area (Å²) < 4.78 is 5.35. The summed E-state index contributed by atoms with van der Waals surface area (Å²) in [4.78, 5) is 0. The van der Waals surface area contributed by atoms with Gasteiger partial charge >= 0.3 is 0 Å². The lowest BCUT2D eigenvalue weighted by Crippen LogP contribution is -2.22. The molecule has 1 unspecified atom stereocenters. The second-order valence-electron chi connectivity index (χ2n) is 2.57. The topological polar surface area (TPSA) is 47.3 Å². The van der Waals surface area contributed by atoms with Crippen molar-refractivity contribution >= 4 is 5.69 Å². The van der Waals surface area contributed by atoms with Crippen molar-refractivity contribution in [1.29, 1.82) is 0 Å². The van der Waals surface area contributed by atoms with Crippen LogP contribution >= 0.6 is 0 Å². The highest BCUT2D eigenvalue weighted by Crippen LogP contribution is 2.23. The molecule has 0 aliphatic rings. The number of rotatable bonds is 3. The molecule has 3 nitrogen and oxygen atoms in total. The highest BCUT2D eigenvalue weighted by Gasteiger charge is 2.01. The van der Waals surface area contributed by atoms with Crippen molar-refractivity contribution in [2.24, 2.45) is 5.73 Å². The Labute approximate surface area is 72.5 Å². The lowest BCUT2D eigenvalue weighted by molar-refractivity contribution is 0.231. The van der Waals surface area contributed by atoms with E-state index in [1.165, 1.54) is 0 Å². The molecule has 3 heteroatoms. The van der Waals surface area contributed by atoms with E-state index in [1.54, 1.807) is 6.92 Å². The third-order valence-corrected chi connectivity index (χ3v) is 1.47. The van der Waals surface area contributed by atoms with E-state index in [2.05, 4.69) is 5.32 Å². The summed E-state index contributed by atoms with van der Waals surface area (Å²) in [5, 5.41) is 3.02. The van der Waals surface area contributed by atoms with Gasteiger partial charge in [-0.05, 0) is 19.1 Å². The summed E-state index contributed by atoms with van der Waals surface area (Å²) in [5.41, 5.74) is 6.45. The number of benzene rings is 1. The Morgan fingerprint density at radius 1 is 1.42 bits per heavy atom. The number of anilines is 1. The molecule has 0 saturated carbocycles. The zero-order chi connectivity index (χ0) is 8.97. The Morgan fingerprint density at radius 3 is 2.67 bits per heavy atom. The molecule has 12 heavy (non-hydrogen) atoms. The first kappa shape index (κ1) is 8.87. The Balaban J connectivity index is 2.82. The van der Waals surface area contributed by atoms with E-state index >= 15 is 0 Å². The van der Waals surface area contributed by atoms with Gasteiger partial charge in [0.05, 0.1) is 5.69 Å². The standard InChI is InChI=1S/C9H14N2O/c1-7(10)12-9-6-4-3-5-8(9)11-2/h3-7,11H,10H2,1-2H3. The quantitative estimate of drug-likeness (QED) is 0.667. The molecular weight excluding hydrogens is 152 g/mol. The molecule has 0 spiro atoms. The van der Waals surface area contributed by atoms with Crippen LogP contribution in [0.15, 0.2) is 24.3 Å². The number of ether oxygens (including phenoxy) is 1.